The minimum atomic E-state index is -0.352. The summed E-state index contributed by atoms with van der Waals surface area (Å²) < 4.78 is 1.69. The van der Waals surface area contributed by atoms with E-state index in [0.29, 0.717) is 25.2 Å². The zero-order chi connectivity index (χ0) is 14.7. The first-order valence-corrected chi connectivity index (χ1v) is 7.13. The van der Waals surface area contributed by atoms with E-state index >= 15 is 0 Å². The lowest BCUT2D eigenvalue weighted by atomic mass is 10.1. The van der Waals surface area contributed by atoms with Gasteiger partial charge in [0.1, 0.15) is 0 Å². The van der Waals surface area contributed by atoms with Gasteiger partial charge in [0.25, 0.3) is 0 Å². The van der Waals surface area contributed by atoms with E-state index in [0.717, 1.165) is 12.0 Å². The third kappa shape index (κ3) is 3.46. The van der Waals surface area contributed by atoms with Gasteiger partial charge in [-0.3, -0.25) is 4.79 Å². The number of hydrogen-bond acceptors (Lipinski definition) is 4. The topological polar surface area (TPSA) is 80.0 Å². The normalized spacial score (nSPS) is 21.4. The van der Waals surface area contributed by atoms with Crippen molar-refractivity contribution in [1.29, 1.82) is 0 Å². The Morgan fingerprint density at radius 2 is 2.14 bits per heavy atom. The van der Waals surface area contributed by atoms with Gasteiger partial charge in [0.05, 0.1) is 18.8 Å². The smallest absolute Gasteiger partial charge is 0.228 e. The number of aromatic nitrogens is 3. The van der Waals surface area contributed by atoms with Crippen LogP contribution in [0, 0.1) is 5.92 Å². The number of anilines is 1. The molecule has 1 aromatic heterocycles. The van der Waals surface area contributed by atoms with Crippen molar-refractivity contribution in [2.45, 2.75) is 31.9 Å². The number of benzene rings is 1. The molecule has 1 aliphatic rings. The van der Waals surface area contributed by atoms with Crippen LogP contribution in [0.2, 0.25) is 0 Å². The summed E-state index contributed by atoms with van der Waals surface area (Å²) in [6, 6.07) is 9.94. The Kier molecular flexibility index (Phi) is 3.96. The number of aliphatic hydroxyl groups is 1. The van der Waals surface area contributed by atoms with Gasteiger partial charge in [-0.1, -0.05) is 35.5 Å². The first kappa shape index (κ1) is 13.8. The molecule has 1 saturated carbocycles. The zero-order valence-corrected chi connectivity index (χ0v) is 11.6. The molecule has 2 atom stereocenters. The molecule has 0 spiro atoms. The number of amides is 1. The van der Waals surface area contributed by atoms with Gasteiger partial charge in [-0.25, -0.2) is 4.68 Å². The first-order valence-electron chi connectivity index (χ1n) is 7.13. The minimum absolute atomic E-state index is 0.0849. The molecule has 0 unspecified atom stereocenters. The fourth-order valence-corrected chi connectivity index (χ4v) is 2.63. The number of aliphatic hydroxyl groups excluding tert-OH is 1. The van der Waals surface area contributed by atoms with Crippen LogP contribution in [0.3, 0.4) is 0 Å². The molecule has 1 fully saturated rings. The summed E-state index contributed by atoms with van der Waals surface area (Å²) in [6.45, 7) is 0.617. The predicted octanol–water partition coefficient (Wildman–Crippen LogP) is 1.43. The number of nitrogens with zero attached hydrogens (tertiary/aromatic N) is 3. The molecule has 110 valence electrons. The molecule has 21 heavy (non-hydrogen) atoms. The van der Waals surface area contributed by atoms with Gasteiger partial charge in [-0.2, -0.15) is 0 Å². The number of nitrogens with one attached hydrogen (secondary N) is 1. The monoisotopic (exact) mass is 286 g/mol. The van der Waals surface area contributed by atoms with E-state index in [1.54, 1.807) is 10.9 Å². The fraction of sp³-hybridized carbons (Fsp3) is 0.400. The SMILES string of the molecule is O=C(Nc1cn(Cc2ccccc2)nn1)[C@@H]1CC[C@@H](O)C1. The highest BCUT2D eigenvalue weighted by Gasteiger charge is 2.28. The zero-order valence-electron chi connectivity index (χ0n) is 11.6. The van der Waals surface area contributed by atoms with Crippen LogP contribution in [0.25, 0.3) is 0 Å². The molecule has 1 amide bonds. The molecular formula is C15H18N4O2. The van der Waals surface area contributed by atoms with Gasteiger partial charge in [-0.05, 0) is 24.8 Å². The van der Waals surface area contributed by atoms with Crippen molar-refractivity contribution in [2.24, 2.45) is 5.92 Å². The fourth-order valence-electron chi connectivity index (χ4n) is 2.63. The van der Waals surface area contributed by atoms with E-state index in [1.165, 1.54) is 0 Å². The molecule has 6 heteroatoms. The van der Waals surface area contributed by atoms with Gasteiger partial charge >= 0.3 is 0 Å². The van der Waals surface area contributed by atoms with E-state index in [-0.39, 0.29) is 17.9 Å². The van der Waals surface area contributed by atoms with Crippen LogP contribution >= 0.6 is 0 Å². The molecule has 1 aromatic carbocycles. The van der Waals surface area contributed by atoms with Gasteiger partial charge in [0.15, 0.2) is 5.82 Å². The third-order valence-electron chi connectivity index (χ3n) is 3.75. The molecule has 6 nitrogen and oxygen atoms in total. The van der Waals surface area contributed by atoms with Crippen molar-refractivity contribution >= 4 is 11.7 Å². The highest BCUT2D eigenvalue weighted by molar-refractivity contribution is 5.91. The quantitative estimate of drug-likeness (QED) is 0.891. The number of carbonyl (C=O) groups is 1. The van der Waals surface area contributed by atoms with E-state index in [2.05, 4.69) is 15.6 Å². The molecule has 0 radical (unpaired) electrons. The highest BCUT2D eigenvalue weighted by Crippen LogP contribution is 2.26. The molecule has 3 rings (SSSR count). The average Bonchev–Trinajstić information content (AvgIpc) is 3.09. The number of rotatable bonds is 4. The Bertz CT molecular complexity index is 611. The van der Waals surface area contributed by atoms with Gasteiger partial charge in [-0.15, -0.1) is 5.10 Å². The minimum Gasteiger partial charge on any atom is -0.393 e. The van der Waals surface area contributed by atoms with Gasteiger partial charge in [0.2, 0.25) is 5.91 Å². The Morgan fingerprint density at radius 3 is 2.86 bits per heavy atom. The largest absolute Gasteiger partial charge is 0.393 e. The highest BCUT2D eigenvalue weighted by atomic mass is 16.3. The van der Waals surface area contributed by atoms with E-state index in [1.807, 2.05) is 30.3 Å². The van der Waals surface area contributed by atoms with E-state index in [4.69, 9.17) is 0 Å². The standard InChI is InChI=1S/C15H18N4O2/c20-13-7-6-12(8-13)15(21)16-14-10-19(18-17-14)9-11-4-2-1-3-5-11/h1-5,10,12-13,20H,6-9H2,(H,16,21)/t12-,13-/m1/s1. The van der Waals surface area contributed by atoms with Crippen LogP contribution in [-0.2, 0) is 11.3 Å². The molecule has 0 aliphatic heterocycles. The Balaban J connectivity index is 1.59. The van der Waals surface area contributed by atoms with Gasteiger partial charge < -0.3 is 10.4 Å². The second kappa shape index (κ2) is 6.05. The maximum atomic E-state index is 12.0. The second-order valence-electron chi connectivity index (χ2n) is 5.44. The number of carbonyl (C=O) groups excluding carboxylic acids is 1. The van der Waals surface area contributed by atoms with Crippen molar-refractivity contribution in [3.63, 3.8) is 0 Å². The molecule has 0 saturated heterocycles. The summed E-state index contributed by atoms with van der Waals surface area (Å²) in [4.78, 5) is 12.0. The first-order chi connectivity index (χ1) is 10.2. The average molecular weight is 286 g/mol. The molecule has 2 aromatic rings. The lowest BCUT2D eigenvalue weighted by molar-refractivity contribution is -0.119. The van der Waals surface area contributed by atoms with Crippen LogP contribution in [-0.4, -0.2) is 32.1 Å². The van der Waals surface area contributed by atoms with E-state index < -0.39 is 0 Å². The van der Waals surface area contributed by atoms with Crippen molar-refractivity contribution < 1.29 is 9.90 Å². The maximum absolute atomic E-state index is 12.0. The molecular weight excluding hydrogens is 268 g/mol. The molecule has 1 aliphatic carbocycles. The Labute approximate surface area is 122 Å². The summed E-state index contributed by atoms with van der Waals surface area (Å²) in [6.07, 6.45) is 3.32. The second-order valence-corrected chi connectivity index (χ2v) is 5.44. The van der Waals surface area contributed by atoms with Crippen molar-refractivity contribution in [1.82, 2.24) is 15.0 Å². The Morgan fingerprint density at radius 1 is 1.33 bits per heavy atom. The van der Waals surface area contributed by atoms with Crippen LogP contribution < -0.4 is 5.32 Å². The molecule has 2 N–H and O–H groups in total. The van der Waals surface area contributed by atoms with Crippen LogP contribution in [0.1, 0.15) is 24.8 Å². The lowest BCUT2D eigenvalue weighted by Crippen LogP contribution is -2.21. The summed E-state index contributed by atoms with van der Waals surface area (Å²) >= 11 is 0. The summed E-state index contributed by atoms with van der Waals surface area (Å²) in [7, 11) is 0. The van der Waals surface area contributed by atoms with Crippen molar-refractivity contribution in [2.75, 3.05) is 5.32 Å². The summed E-state index contributed by atoms with van der Waals surface area (Å²) in [5, 5.41) is 20.2. The van der Waals surface area contributed by atoms with Crippen LogP contribution in [0.5, 0.6) is 0 Å². The predicted molar refractivity (Wildman–Crippen MR) is 77.5 cm³/mol. The van der Waals surface area contributed by atoms with Gasteiger partial charge in [0, 0.05) is 5.92 Å². The molecule has 1 heterocycles. The lowest BCUT2D eigenvalue weighted by Gasteiger charge is -2.07. The molecule has 0 bridgehead atoms. The number of hydrogen-bond donors (Lipinski definition) is 2. The van der Waals surface area contributed by atoms with Crippen molar-refractivity contribution in [3.8, 4) is 0 Å². The summed E-state index contributed by atoms with van der Waals surface area (Å²) in [5.41, 5.74) is 1.12. The Hall–Kier alpha value is -2.21. The maximum Gasteiger partial charge on any atom is 0.228 e. The summed E-state index contributed by atoms with van der Waals surface area (Å²) in [5.74, 6) is 0.245. The van der Waals surface area contributed by atoms with E-state index in [9.17, 15) is 9.90 Å². The third-order valence-corrected chi connectivity index (χ3v) is 3.75. The van der Waals surface area contributed by atoms with Crippen LogP contribution in [0.15, 0.2) is 36.5 Å². The van der Waals surface area contributed by atoms with Crippen molar-refractivity contribution in [3.05, 3.63) is 42.1 Å². The van der Waals surface area contributed by atoms with Crippen LogP contribution in [0.4, 0.5) is 5.82 Å².